The Morgan fingerprint density at radius 2 is 1.72 bits per heavy atom. The molecule has 1 aliphatic heterocycles. The Kier molecular flexibility index (Phi) is 6.66. The molecule has 1 saturated heterocycles. The highest BCUT2D eigenvalue weighted by atomic mass is 35.5. The number of amides is 1. The summed E-state index contributed by atoms with van der Waals surface area (Å²) in [5.74, 6) is 0.272. The molecule has 1 fully saturated rings. The first-order valence-corrected chi connectivity index (χ1v) is 11.0. The molecule has 29 heavy (non-hydrogen) atoms. The van der Waals surface area contributed by atoms with Gasteiger partial charge in [-0.15, -0.1) is 0 Å². The summed E-state index contributed by atoms with van der Waals surface area (Å²) in [6.45, 7) is 1.00. The van der Waals surface area contributed by atoms with E-state index in [1.54, 1.807) is 18.2 Å². The summed E-state index contributed by atoms with van der Waals surface area (Å²) < 4.78 is 37.7. The zero-order valence-electron chi connectivity index (χ0n) is 16.3. The number of nitrogens with one attached hydrogen (secondary N) is 1. The average Bonchev–Trinajstić information content (AvgIpc) is 2.75. The number of anilines is 1. The molecule has 0 aliphatic carbocycles. The SMILES string of the molecule is COc1cc(NC(=O)c2cccc(S(=O)(=O)N3CCCCC3)c2)c(OC)cc1Cl. The van der Waals surface area contributed by atoms with Crippen LogP contribution in [-0.2, 0) is 10.0 Å². The number of nitrogens with zero attached hydrogens (tertiary/aromatic N) is 1. The highest BCUT2D eigenvalue weighted by Crippen LogP contribution is 2.36. The fraction of sp³-hybridized carbons (Fsp3) is 0.350. The molecule has 0 atom stereocenters. The van der Waals surface area contributed by atoms with Gasteiger partial charge in [0.25, 0.3) is 5.91 Å². The topological polar surface area (TPSA) is 84.9 Å². The van der Waals surface area contributed by atoms with Crippen LogP contribution in [0.15, 0.2) is 41.3 Å². The van der Waals surface area contributed by atoms with Crippen molar-refractivity contribution in [1.82, 2.24) is 4.31 Å². The zero-order valence-corrected chi connectivity index (χ0v) is 17.8. The zero-order chi connectivity index (χ0) is 21.0. The van der Waals surface area contributed by atoms with E-state index in [4.69, 9.17) is 21.1 Å². The number of piperidine rings is 1. The molecule has 1 heterocycles. The van der Waals surface area contributed by atoms with E-state index in [2.05, 4.69) is 5.32 Å². The molecule has 0 unspecified atom stereocenters. The number of carbonyl (C=O) groups is 1. The first kappa shape index (κ1) is 21.4. The Labute approximate surface area is 175 Å². The van der Waals surface area contributed by atoms with Crippen molar-refractivity contribution in [2.45, 2.75) is 24.2 Å². The second-order valence-corrected chi connectivity index (χ2v) is 8.98. The number of methoxy groups -OCH3 is 2. The minimum absolute atomic E-state index is 0.104. The maximum atomic E-state index is 12.9. The second-order valence-electron chi connectivity index (χ2n) is 6.63. The lowest BCUT2D eigenvalue weighted by molar-refractivity contribution is 0.102. The molecule has 3 rings (SSSR count). The van der Waals surface area contributed by atoms with Gasteiger partial charge in [0.05, 0.1) is 29.8 Å². The van der Waals surface area contributed by atoms with Gasteiger partial charge in [0.15, 0.2) is 0 Å². The number of sulfonamides is 1. The number of benzene rings is 2. The van der Waals surface area contributed by atoms with Gasteiger partial charge in [-0.3, -0.25) is 4.79 Å². The van der Waals surface area contributed by atoms with Crippen molar-refractivity contribution in [3.05, 3.63) is 47.0 Å². The highest BCUT2D eigenvalue weighted by molar-refractivity contribution is 7.89. The number of halogens is 1. The van der Waals surface area contributed by atoms with Gasteiger partial charge in [0.2, 0.25) is 10.0 Å². The van der Waals surface area contributed by atoms with E-state index in [1.807, 2.05) is 0 Å². The van der Waals surface area contributed by atoms with Crippen LogP contribution in [-0.4, -0.2) is 45.9 Å². The molecule has 0 aromatic heterocycles. The van der Waals surface area contributed by atoms with Crippen LogP contribution in [0.2, 0.25) is 5.02 Å². The second kappa shape index (κ2) is 9.02. The van der Waals surface area contributed by atoms with Crippen LogP contribution in [0.3, 0.4) is 0 Å². The number of rotatable bonds is 6. The van der Waals surface area contributed by atoms with Crippen molar-refractivity contribution < 1.29 is 22.7 Å². The number of hydrogen-bond acceptors (Lipinski definition) is 5. The minimum Gasteiger partial charge on any atom is -0.495 e. The van der Waals surface area contributed by atoms with Crippen molar-refractivity contribution in [1.29, 1.82) is 0 Å². The first-order valence-electron chi connectivity index (χ1n) is 9.20. The van der Waals surface area contributed by atoms with E-state index < -0.39 is 15.9 Å². The number of carbonyl (C=O) groups excluding carboxylic acids is 1. The molecule has 0 spiro atoms. The Balaban J connectivity index is 1.87. The van der Waals surface area contributed by atoms with Crippen molar-refractivity contribution >= 4 is 33.2 Å². The lowest BCUT2D eigenvalue weighted by Gasteiger charge is -2.26. The predicted molar refractivity (Wildman–Crippen MR) is 112 cm³/mol. The Morgan fingerprint density at radius 3 is 2.38 bits per heavy atom. The third-order valence-corrected chi connectivity index (χ3v) is 6.96. The van der Waals surface area contributed by atoms with Crippen LogP contribution in [0.5, 0.6) is 11.5 Å². The maximum absolute atomic E-state index is 12.9. The van der Waals surface area contributed by atoms with E-state index in [0.717, 1.165) is 19.3 Å². The van der Waals surface area contributed by atoms with E-state index in [-0.39, 0.29) is 10.5 Å². The van der Waals surface area contributed by atoms with E-state index >= 15 is 0 Å². The molecule has 156 valence electrons. The summed E-state index contributed by atoms with van der Waals surface area (Å²) in [6, 6.07) is 9.10. The van der Waals surface area contributed by atoms with Crippen molar-refractivity contribution in [2.24, 2.45) is 0 Å². The molecular formula is C20H23ClN2O5S. The molecular weight excluding hydrogens is 416 g/mol. The summed E-state index contributed by atoms with van der Waals surface area (Å²) in [6.07, 6.45) is 2.72. The molecule has 9 heteroatoms. The molecule has 0 radical (unpaired) electrons. The molecule has 2 aromatic rings. The Hall–Kier alpha value is -2.29. The van der Waals surface area contributed by atoms with Gasteiger partial charge in [-0.05, 0) is 31.0 Å². The van der Waals surface area contributed by atoms with Crippen LogP contribution < -0.4 is 14.8 Å². The van der Waals surface area contributed by atoms with E-state index in [1.165, 1.54) is 36.7 Å². The fourth-order valence-electron chi connectivity index (χ4n) is 3.20. The van der Waals surface area contributed by atoms with Gasteiger partial charge in [0.1, 0.15) is 11.5 Å². The van der Waals surface area contributed by atoms with Crippen LogP contribution in [0.4, 0.5) is 5.69 Å². The van der Waals surface area contributed by atoms with Gasteiger partial charge >= 0.3 is 0 Å². The van der Waals surface area contributed by atoms with E-state index in [0.29, 0.717) is 35.3 Å². The third-order valence-electron chi connectivity index (χ3n) is 4.77. The summed E-state index contributed by atoms with van der Waals surface area (Å²) in [7, 11) is -0.704. The minimum atomic E-state index is -3.63. The van der Waals surface area contributed by atoms with Gasteiger partial charge < -0.3 is 14.8 Å². The van der Waals surface area contributed by atoms with Crippen LogP contribution >= 0.6 is 11.6 Å². The standard InChI is InChI=1S/C20H23ClN2O5S/c1-27-18-13-17(19(28-2)12-16(18)21)22-20(24)14-7-6-8-15(11-14)29(25,26)23-9-4-3-5-10-23/h6-8,11-13H,3-5,9-10H2,1-2H3,(H,22,24). The van der Waals surface area contributed by atoms with Crippen LogP contribution in [0, 0.1) is 0 Å². The number of ether oxygens (including phenoxy) is 2. The molecule has 0 saturated carbocycles. The summed E-state index contributed by atoms with van der Waals surface area (Å²) in [4.78, 5) is 12.9. The Bertz CT molecular complexity index is 1000. The van der Waals surface area contributed by atoms with Gasteiger partial charge in [-0.25, -0.2) is 8.42 Å². The summed E-state index contributed by atoms with van der Waals surface area (Å²) in [5.41, 5.74) is 0.585. The van der Waals surface area contributed by atoms with Crippen LogP contribution in [0.1, 0.15) is 29.6 Å². The molecule has 7 nitrogen and oxygen atoms in total. The maximum Gasteiger partial charge on any atom is 0.255 e. The van der Waals surface area contributed by atoms with Crippen molar-refractivity contribution in [3.8, 4) is 11.5 Å². The van der Waals surface area contributed by atoms with Gasteiger partial charge in [-0.1, -0.05) is 24.1 Å². The smallest absolute Gasteiger partial charge is 0.255 e. The van der Waals surface area contributed by atoms with Crippen molar-refractivity contribution in [3.63, 3.8) is 0 Å². The molecule has 0 bridgehead atoms. The van der Waals surface area contributed by atoms with Crippen LogP contribution in [0.25, 0.3) is 0 Å². The molecule has 2 aromatic carbocycles. The lowest BCUT2D eigenvalue weighted by Crippen LogP contribution is -2.35. The normalized spacial score (nSPS) is 15.0. The third kappa shape index (κ3) is 4.66. The summed E-state index contributed by atoms with van der Waals surface area (Å²) in [5, 5.41) is 3.07. The predicted octanol–water partition coefficient (Wildman–Crippen LogP) is 3.78. The highest BCUT2D eigenvalue weighted by Gasteiger charge is 2.26. The Morgan fingerprint density at radius 1 is 1.03 bits per heavy atom. The monoisotopic (exact) mass is 438 g/mol. The average molecular weight is 439 g/mol. The molecule has 1 N–H and O–H groups in total. The molecule has 1 amide bonds. The number of hydrogen-bond donors (Lipinski definition) is 1. The largest absolute Gasteiger partial charge is 0.495 e. The van der Waals surface area contributed by atoms with Gasteiger partial charge in [-0.2, -0.15) is 4.31 Å². The lowest BCUT2D eigenvalue weighted by atomic mass is 10.2. The fourth-order valence-corrected chi connectivity index (χ4v) is 5.00. The van der Waals surface area contributed by atoms with E-state index in [9.17, 15) is 13.2 Å². The van der Waals surface area contributed by atoms with Gasteiger partial charge in [0, 0.05) is 30.8 Å². The summed E-state index contributed by atoms with van der Waals surface area (Å²) >= 11 is 6.09. The molecule has 1 aliphatic rings. The first-order chi connectivity index (χ1) is 13.9. The quantitative estimate of drug-likeness (QED) is 0.741. The van der Waals surface area contributed by atoms with Crippen molar-refractivity contribution in [2.75, 3.05) is 32.6 Å².